The molecule has 0 saturated carbocycles. The number of aliphatic hydroxyl groups excluding tert-OH is 1. The largest absolute Gasteiger partial charge is 0.507 e. The van der Waals surface area contributed by atoms with Crippen molar-refractivity contribution >= 4 is 23.3 Å². The molecule has 1 saturated heterocycles. The second-order valence-corrected chi connectivity index (χ2v) is 6.94. The molecule has 1 atom stereocenters. The third-order valence-electron chi connectivity index (χ3n) is 5.08. The van der Waals surface area contributed by atoms with Crippen LogP contribution < -0.4 is 14.4 Å². The molecule has 1 fully saturated rings. The number of carbonyl (C=O) groups is 2. The number of carbonyl (C=O) groups excluding carboxylic acids is 2. The zero-order chi connectivity index (χ0) is 22.1. The highest BCUT2D eigenvalue weighted by molar-refractivity contribution is 6.51. The maximum atomic E-state index is 13.1. The first-order chi connectivity index (χ1) is 15.0. The van der Waals surface area contributed by atoms with E-state index < -0.39 is 17.7 Å². The molecule has 31 heavy (non-hydrogen) atoms. The van der Waals surface area contributed by atoms with Crippen LogP contribution in [0.1, 0.15) is 22.9 Å². The normalized spacial score (nSPS) is 17.8. The lowest BCUT2D eigenvalue weighted by Crippen LogP contribution is -2.29. The molecule has 1 N–H and O–H groups in total. The van der Waals surface area contributed by atoms with Gasteiger partial charge in [-0.2, -0.15) is 0 Å². The van der Waals surface area contributed by atoms with E-state index >= 15 is 0 Å². The van der Waals surface area contributed by atoms with Crippen LogP contribution in [0.5, 0.6) is 11.5 Å². The Morgan fingerprint density at radius 2 is 1.84 bits per heavy atom. The highest BCUT2D eigenvalue weighted by Crippen LogP contribution is 2.44. The van der Waals surface area contributed by atoms with E-state index in [1.807, 2.05) is 0 Å². The highest BCUT2D eigenvalue weighted by Gasteiger charge is 2.49. The van der Waals surface area contributed by atoms with Gasteiger partial charge in [-0.25, -0.2) is 0 Å². The predicted octanol–water partition coefficient (Wildman–Crippen LogP) is 3.63. The molecule has 4 rings (SSSR count). The molecule has 3 aromatic rings. The smallest absolute Gasteiger partial charge is 0.301 e. The van der Waals surface area contributed by atoms with Crippen molar-refractivity contribution in [1.29, 1.82) is 0 Å². The van der Waals surface area contributed by atoms with Crippen molar-refractivity contribution in [2.24, 2.45) is 0 Å². The summed E-state index contributed by atoms with van der Waals surface area (Å²) in [5.74, 6) is -0.388. The molecular weight excluding hydrogens is 400 g/mol. The average Bonchev–Trinajstić information content (AvgIpc) is 3.33. The van der Waals surface area contributed by atoms with Crippen LogP contribution in [-0.2, 0) is 9.59 Å². The van der Waals surface area contributed by atoms with Crippen molar-refractivity contribution in [1.82, 2.24) is 5.16 Å². The van der Waals surface area contributed by atoms with Crippen LogP contribution in [-0.4, -0.2) is 36.2 Å². The summed E-state index contributed by atoms with van der Waals surface area (Å²) in [5, 5.41) is 15.1. The summed E-state index contributed by atoms with van der Waals surface area (Å²) in [4.78, 5) is 27.4. The Bertz CT molecular complexity index is 1200. The first-order valence-electron chi connectivity index (χ1n) is 9.48. The Morgan fingerprint density at radius 3 is 2.52 bits per heavy atom. The van der Waals surface area contributed by atoms with Crippen molar-refractivity contribution < 1.29 is 28.7 Å². The van der Waals surface area contributed by atoms with E-state index in [0.717, 1.165) is 0 Å². The molecule has 0 bridgehead atoms. The number of aromatic nitrogens is 1. The third kappa shape index (κ3) is 3.42. The number of ether oxygens (including phenoxy) is 2. The van der Waals surface area contributed by atoms with Crippen LogP contribution in [0.25, 0.3) is 5.76 Å². The number of hydrogen-bond acceptors (Lipinski definition) is 7. The van der Waals surface area contributed by atoms with Gasteiger partial charge in [-0.05, 0) is 25.1 Å². The minimum Gasteiger partial charge on any atom is -0.507 e. The zero-order valence-corrected chi connectivity index (χ0v) is 17.2. The Labute approximate surface area is 178 Å². The molecule has 8 nitrogen and oxygen atoms in total. The molecule has 0 spiro atoms. The first kappa shape index (κ1) is 20.2. The Morgan fingerprint density at radius 1 is 1.06 bits per heavy atom. The molecule has 0 unspecified atom stereocenters. The van der Waals surface area contributed by atoms with E-state index in [2.05, 4.69) is 5.16 Å². The Hall–Kier alpha value is -4.07. The molecule has 8 heteroatoms. The Kier molecular flexibility index (Phi) is 5.21. The molecule has 0 aliphatic carbocycles. The van der Waals surface area contributed by atoms with Gasteiger partial charge in [0, 0.05) is 17.2 Å². The van der Waals surface area contributed by atoms with Crippen molar-refractivity contribution in [2.75, 3.05) is 19.1 Å². The minimum atomic E-state index is -0.966. The number of aryl methyl sites for hydroxylation is 1. The zero-order valence-electron chi connectivity index (χ0n) is 17.2. The van der Waals surface area contributed by atoms with Gasteiger partial charge in [0.1, 0.15) is 29.1 Å². The number of anilines is 1. The van der Waals surface area contributed by atoms with Crippen LogP contribution in [0.15, 0.2) is 64.7 Å². The number of rotatable bonds is 5. The molecule has 1 aliphatic heterocycles. The summed E-state index contributed by atoms with van der Waals surface area (Å²) in [6.45, 7) is 1.68. The second-order valence-electron chi connectivity index (χ2n) is 6.94. The molecule has 1 aromatic heterocycles. The molecule has 1 amide bonds. The monoisotopic (exact) mass is 420 g/mol. The highest BCUT2D eigenvalue weighted by atomic mass is 16.5. The van der Waals surface area contributed by atoms with Crippen LogP contribution in [0, 0.1) is 6.92 Å². The van der Waals surface area contributed by atoms with E-state index in [-0.39, 0.29) is 17.2 Å². The first-order valence-corrected chi connectivity index (χ1v) is 9.48. The predicted molar refractivity (Wildman–Crippen MR) is 112 cm³/mol. The van der Waals surface area contributed by atoms with E-state index in [4.69, 9.17) is 14.0 Å². The number of para-hydroxylation sites is 1. The third-order valence-corrected chi connectivity index (χ3v) is 5.08. The van der Waals surface area contributed by atoms with E-state index in [9.17, 15) is 14.7 Å². The molecule has 1 aliphatic rings. The van der Waals surface area contributed by atoms with Gasteiger partial charge < -0.3 is 19.1 Å². The van der Waals surface area contributed by atoms with Crippen LogP contribution in [0.2, 0.25) is 0 Å². The van der Waals surface area contributed by atoms with Gasteiger partial charge in [-0.3, -0.25) is 14.5 Å². The fourth-order valence-corrected chi connectivity index (χ4v) is 3.65. The van der Waals surface area contributed by atoms with Crippen molar-refractivity contribution in [3.8, 4) is 11.5 Å². The van der Waals surface area contributed by atoms with Crippen LogP contribution >= 0.6 is 0 Å². The van der Waals surface area contributed by atoms with Crippen molar-refractivity contribution in [3.05, 3.63) is 77.1 Å². The number of methoxy groups -OCH3 is 2. The van der Waals surface area contributed by atoms with E-state index in [0.29, 0.717) is 28.4 Å². The topological polar surface area (TPSA) is 102 Å². The average molecular weight is 420 g/mol. The SMILES string of the molecule is COc1cccc(/C(O)=C2\C(=O)C(=O)N(c3cc(C)on3)[C@H]2c2ccccc2OC)c1. The fraction of sp³-hybridized carbons (Fsp3) is 0.174. The number of aliphatic hydroxyl groups is 1. The summed E-state index contributed by atoms with van der Waals surface area (Å²) >= 11 is 0. The van der Waals surface area contributed by atoms with E-state index in [1.54, 1.807) is 61.5 Å². The van der Waals surface area contributed by atoms with Gasteiger partial charge >= 0.3 is 5.91 Å². The maximum absolute atomic E-state index is 13.1. The quantitative estimate of drug-likeness (QED) is 0.382. The summed E-state index contributed by atoms with van der Waals surface area (Å²) in [6, 6.07) is 14.2. The summed E-state index contributed by atoms with van der Waals surface area (Å²) in [7, 11) is 2.99. The number of Topliss-reactive ketones (excluding diaryl/α,β-unsaturated/α-hetero) is 1. The van der Waals surface area contributed by atoms with Gasteiger partial charge in [0.25, 0.3) is 5.78 Å². The summed E-state index contributed by atoms with van der Waals surface area (Å²) in [5.41, 5.74) is 0.784. The van der Waals surface area contributed by atoms with E-state index in [1.165, 1.54) is 19.1 Å². The number of hydrogen-bond donors (Lipinski definition) is 1. The minimum absolute atomic E-state index is 0.0802. The fourth-order valence-electron chi connectivity index (χ4n) is 3.65. The summed E-state index contributed by atoms with van der Waals surface area (Å²) < 4.78 is 15.8. The second kappa shape index (κ2) is 7.98. The standard InChI is InChI=1S/C23H20N2O6/c1-13-11-18(24-31-13)25-20(16-9-4-5-10-17(16)30-3)19(22(27)23(25)28)21(26)14-7-6-8-15(12-14)29-2/h4-12,20,26H,1-3H3/b21-19+/t20-/m0/s1. The number of ketones is 1. The van der Waals surface area contributed by atoms with Gasteiger partial charge in [0.2, 0.25) is 0 Å². The molecule has 2 heterocycles. The number of benzene rings is 2. The van der Waals surface area contributed by atoms with Crippen molar-refractivity contribution in [2.45, 2.75) is 13.0 Å². The molecule has 0 radical (unpaired) electrons. The number of amides is 1. The van der Waals surface area contributed by atoms with Gasteiger partial charge in [-0.1, -0.05) is 35.5 Å². The lowest BCUT2D eigenvalue weighted by Gasteiger charge is -2.24. The van der Waals surface area contributed by atoms with Gasteiger partial charge in [-0.15, -0.1) is 0 Å². The lowest BCUT2D eigenvalue weighted by atomic mass is 9.94. The molecule has 2 aromatic carbocycles. The number of nitrogens with zero attached hydrogens (tertiary/aromatic N) is 2. The van der Waals surface area contributed by atoms with Gasteiger partial charge in [0.05, 0.1) is 19.8 Å². The summed E-state index contributed by atoms with van der Waals surface area (Å²) in [6.07, 6.45) is 0. The van der Waals surface area contributed by atoms with Crippen molar-refractivity contribution in [3.63, 3.8) is 0 Å². The molecule has 158 valence electrons. The Balaban J connectivity index is 1.98. The molecular formula is C23H20N2O6. The maximum Gasteiger partial charge on any atom is 0.301 e. The van der Waals surface area contributed by atoms with Crippen LogP contribution in [0.3, 0.4) is 0 Å². The lowest BCUT2D eigenvalue weighted by molar-refractivity contribution is -0.132. The van der Waals surface area contributed by atoms with Crippen LogP contribution in [0.4, 0.5) is 5.82 Å². The van der Waals surface area contributed by atoms with Gasteiger partial charge in [0.15, 0.2) is 5.82 Å².